The molecule has 184 valence electrons. The van der Waals surface area contributed by atoms with Gasteiger partial charge in [0.2, 0.25) is 0 Å². The minimum Gasteiger partial charge on any atom is -0.348 e. The lowest BCUT2D eigenvalue weighted by molar-refractivity contribution is 0.314. The largest absolute Gasteiger partial charge is 0.348 e. The average molecular weight is 520 g/mol. The summed E-state index contributed by atoms with van der Waals surface area (Å²) in [6.45, 7) is 0.614. The van der Waals surface area contributed by atoms with Crippen molar-refractivity contribution in [2.24, 2.45) is 0 Å². The average Bonchev–Trinajstić information content (AvgIpc) is 2.98. The second kappa shape index (κ2) is 13.4. The summed E-state index contributed by atoms with van der Waals surface area (Å²) in [5.41, 5.74) is 1.31. The lowest BCUT2D eigenvalue weighted by atomic mass is 10.1. The van der Waals surface area contributed by atoms with Crippen LogP contribution in [0.4, 0.5) is 0 Å². The molecule has 4 heteroatoms. The summed E-state index contributed by atoms with van der Waals surface area (Å²) in [7, 11) is -1.67. The van der Waals surface area contributed by atoms with Crippen LogP contribution in [0.15, 0.2) is 152 Å². The molecule has 0 aromatic heterocycles. The molecule has 0 aliphatic carbocycles. The molecule has 0 aliphatic rings. The van der Waals surface area contributed by atoms with Gasteiger partial charge in [0, 0.05) is 24.7 Å². The van der Waals surface area contributed by atoms with Crippen molar-refractivity contribution in [3.63, 3.8) is 0 Å². The Kier molecular flexibility index (Phi) is 9.27. The van der Waals surface area contributed by atoms with Crippen LogP contribution in [0.3, 0.4) is 0 Å². The van der Waals surface area contributed by atoms with Gasteiger partial charge in [-0.15, -0.1) is 0 Å². The Balaban J connectivity index is 1.44. The Morgan fingerprint density at radius 2 is 0.865 bits per heavy atom. The lowest BCUT2D eigenvalue weighted by Crippen LogP contribution is -2.37. The summed E-state index contributed by atoms with van der Waals surface area (Å²) in [6, 6.07) is 53.7. The first kappa shape index (κ1) is 25.5. The van der Waals surface area contributed by atoms with Crippen molar-refractivity contribution in [3.05, 3.63) is 157 Å². The fourth-order valence-electron chi connectivity index (χ4n) is 4.26. The predicted molar refractivity (Wildman–Crippen MR) is 161 cm³/mol. The topological polar surface area (TPSA) is 21.3 Å². The van der Waals surface area contributed by atoms with E-state index in [1.165, 1.54) is 26.8 Å². The molecule has 0 saturated heterocycles. The van der Waals surface area contributed by atoms with Gasteiger partial charge in [-0.2, -0.15) is 0 Å². The highest BCUT2D eigenvalue weighted by Crippen LogP contribution is 2.36. The van der Waals surface area contributed by atoms with E-state index in [2.05, 4.69) is 157 Å². The quantitative estimate of drug-likeness (QED) is 0.207. The van der Waals surface area contributed by atoms with Crippen molar-refractivity contribution in [3.8, 4) is 0 Å². The monoisotopic (exact) mass is 519 g/mol. The van der Waals surface area contributed by atoms with Crippen LogP contribution < -0.4 is 26.3 Å². The van der Waals surface area contributed by atoms with Gasteiger partial charge in [-0.25, -0.2) is 0 Å². The Bertz CT molecular complexity index is 1240. The Labute approximate surface area is 223 Å². The van der Waals surface area contributed by atoms with Gasteiger partial charge in [0.25, 0.3) is 0 Å². The molecular weight excluding hydrogens is 488 g/mol. The van der Waals surface area contributed by atoms with Crippen molar-refractivity contribution in [2.75, 3.05) is 6.61 Å². The third-order valence-electron chi connectivity index (χ3n) is 6.05. The van der Waals surface area contributed by atoms with Gasteiger partial charge >= 0.3 is 0 Å². The molecule has 0 heterocycles. The van der Waals surface area contributed by atoms with Crippen molar-refractivity contribution >= 4 is 37.4 Å². The van der Waals surface area contributed by atoms with E-state index in [0.29, 0.717) is 6.61 Å². The Hall–Kier alpha value is -3.12. The maximum Gasteiger partial charge on any atom is 0.0918 e. The summed E-state index contributed by atoms with van der Waals surface area (Å²) in [5, 5.41) is 9.14. The summed E-state index contributed by atoms with van der Waals surface area (Å²) in [5.74, 6) is 0. The smallest absolute Gasteiger partial charge is 0.0918 e. The highest BCUT2D eigenvalue weighted by atomic mass is 31.1. The van der Waals surface area contributed by atoms with Gasteiger partial charge in [-0.3, -0.25) is 5.09 Å². The van der Waals surface area contributed by atoms with Crippen LogP contribution in [-0.4, -0.2) is 12.6 Å². The van der Waals surface area contributed by atoms with Crippen LogP contribution in [0, 0.1) is 0 Å². The van der Waals surface area contributed by atoms with Crippen LogP contribution in [0.25, 0.3) is 0 Å². The SMILES string of the molecule is c1ccc(CC(COP(c2ccccc2)c2ccccc2)NP(c2ccccc2)c2ccccc2)cc1. The van der Waals surface area contributed by atoms with Crippen LogP contribution in [0.1, 0.15) is 5.56 Å². The number of hydrogen-bond acceptors (Lipinski definition) is 2. The minimum atomic E-state index is -0.924. The maximum absolute atomic E-state index is 6.83. The number of hydrogen-bond donors (Lipinski definition) is 1. The molecule has 0 saturated carbocycles. The van der Waals surface area contributed by atoms with Crippen molar-refractivity contribution in [1.82, 2.24) is 5.09 Å². The van der Waals surface area contributed by atoms with Crippen LogP contribution in [-0.2, 0) is 10.9 Å². The number of nitrogens with one attached hydrogen (secondary N) is 1. The molecule has 1 N–H and O–H groups in total. The van der Waals surface area contributed by atoms with Gasteiger partial charge < -0.3 is 4.52 Å². The van der Waals surface area contributed by atoms with E-state index in [1.807, 2.05) is 0 Å². The molecule has 1 atom stereocenters. The summed E-state index contributed by atoms with van der Waals surface area (Å²) < 4.78 is 6.83. The number of rotatable bonds is 11. The van der Waals surface area contributed by atoms with Gasteiger partial charge in [-0.1, -0.05) is 152 Å². The van der Waals surface area contributed by atoms with E-state index in [9.17, 15) is 0 Å². The first-order valence-corrected chi connectivity index (χ1v) is 15.2. The summed E-state index contributed by atoms with van der Waals surface area (Å²) in [6.07, 6.45) is 0.895. The standard InChI is InChI=1S/C33H31NOP2/c1-6-16-28(17-7-1)26-29(34-36(30-18-8-2-9-19-30)31-20-10-3-11-21-31)27-35-37(32-22-12-4-13-23-32)33-24-14-5-15-25-33/h1-25,29,34H,26-27H2. The highest BCUT2D eigenvalue weighted by molar-refractivity contribution is 7.71. The maximum atomic E-state index is 6.83. The molecule has 5 aromatic carbocycles. The van der Waals surface area contributed by atoms with Crippen LogP contribution in [0.5, 0.6) is 0 Å². The third kappa shape index (κ3) is 7.22. The first-order valence-electron chi connectivity index (χ1n) is 12.6. The molecule has 5 rings (SSSR count). The second-order valence-corrected chi connectivity index (χ2v) is 12.6. The van der Waals surface area contributed by atoms with E-state index < -0.39 is 16.2 Å². The van der Waals surface area contributed by atoms with Crippen LogP contribution >= 0.6 is 16.2 Å². The van der Waals surface area contributed by atoms with Crippen molar-refractivity contribution in [2.45, 2.75) is 12.5 Å². The lowest BCUT2D eigenvalue weighted by Gasteiger charge is -2.28. The third-order valence-corrected chi connectivity index (χ3v) is 10.2. The second-order valence-electron chi connectivity index (χ2n) is 8.78. The molecule has 1 unspecified atom stereocenters. The van der Waals surface area contributed by atoms with E-state index in [-0.39, 0.29) is 6.04 Å². The van der Waals surface area contributed by atoms with Gasteiger partial charge in [-0.05, 0) is 22.6 Å². The molecule has 37 heavy (non-hydrogen) atoms. The molecule has 5 aromatic rings. The molecule has 0 radical (unpaired) electrons. The fraction of sp³-hybridized carbons (Fsp3) is 0.0909. The van der Waals surface area contributed by atoms with E-state index in [0.717, 1.165) is 6.42 Å². The summed E-state index contributed by atoms with van der Waals surface area (Å²) >= 11 is 0. The molecule has 2 nitrogen and oxygen atoms in total. The zero-order chi connectivity index (χ0) is 25.1. The minimum absolute atomic E-state index is 0.145. The normalized spacial score (nSPS) is 12.1. The van der Waals surface area contributed by atoms with Gasteiger partial charge in [0.15, 0.2) is 0 Å². The molecule has 0 bridgehead atoms. The molecular formula is C33H31NOP2. The molecule has 0 spiro atoms. The van der Waals surface area contributed by atoms with E-state index in [4.69, 9.17) is 4.52 Å². The van der Waals surface area contributed by atoms with Gasteiger partial charge in [0.1, 0.15) is 0 Å². The zero-order valence-corrected chi connectivity index (χ0v) is 22.5. The van der Waals surface area contributed by atoms with E-state index >= 15 is 0 Å². The molecule has 0 amide bonds. The first-order chi connectivity index (χ1) is 18.4. The Morgan fingerprint density at radius 1 is 0.486 bits per heavy atom. The molecule has 0 aliphatic heterocycles. The van der Waals surface area contributed by atoms with Gasteiger partial charge in [0.05, 0.1) is 14.8 Å². The van der Waals surface area contributed by atoms with Crippen molar-refractivity contribution in [1.29, 1.82) is 0 Å². The predicted octanol–water partition coefficient (Wildman–Crippen LogP) is 6.30. The van der Waals surface area contributed by atoms with Crippen molar-refractivity contribution < 1.29 is 4.52 Å². The highest BCUT2D eigenvalue weighted by Gasteiger charge is 2.22. The van der Waals surface area contributed by atoms with E-state index in [1.54, 1.807) is 0 Å². The summed E-state index contributed by atoms with van der Waals surface area (Å²) in [4.78, 5) is 0. The fourth-order valence-corrected chi connectivity index (χ4v) is 8.14. The van der Waals surface area contributed by atoms with Crippen LogP contribution in [0.2, 0.25) is 0 Å². The zero-order valence-electron chi connectivity index (χ0n) is 20.7. The number of benzene rings is 5. The Morgan fingerprint density at radius 3 is 1.30 bits per heavy atom. The molecule has 0 fully saturated rings.